The molecule has 1 fully saturated rings. The van der Waals surface area contributed by atoms with Gasteiger partial charge in [0.05, 0.1) is 6.20 Å². The number of hydrogen-bond donors (Lipinski definition) is 1. The second-order valence-electron chi connectivity index (χ2n) is 5.01. The molecule has 0 aromatic carbocycles. The van der Waals surface area contributed by atoms with Crippen molar-refractivity contribution in [1.29, 1.82) is 0 Å². The minimum absolute atomic E-state index is 0.0697. The number of aryl methyl sites for hydroxylation is 1. The standard InChI is InChI=1S/C14H19N3O4/c1-4-9-7-15-10(21-9)8-17-12(19)14(5-2,6-3)11(18)16-13(17)20/h7H,4-6,8H2,1-3H3,(H,16,18,20). The van der Waals surface area contributed by atoms with Crippen LogP contribution in [0.1, 0.15) is 45.3 Å². The van der Waals surface area contributed by atoms with Crippen molar-refractivity contribution in [3.05, 3.63) is 17.8 Å². The first-order chi connectivity index (χ1) is 9.98. The molecule has 21 heavy (non-hydrogen) atoms. The van der Waals surface area contributed by atoms with E-state index in [2.05, 4.69) is 10.3 Å². The number of imide groups is 2. The van der Waals surface area contributed by atoms with Crippen LogP contribution in [0.3, 0.4) is 0 Å². The summed E-state index contributed by atoms with van der Waals surface area (Å²) >= 11 is 0. The minimum Gasteiger partial charge on any atom is -0.444 e. The van der Waals surface area contributed by atoms with Crippen LogP contribution < -0.4 is 5.32 Å². The van der Waals surface area contributed by atoms with Crippen LogP contribution in [0.25, 0.3) is 0 Å². The number of oxazole rings is 1. The number of carbonyl (C=O) groups excluding carboxylic acids is 3. The first-order valence-electron chi connectivity index (χ1n) is 7.09. The Morgan fingerprint density at radius 2 is 1.90 bits per heavy atom. The highest BCUT2D eigenvalue weighted by molar-refractivity contribution is 6.18. The number of urea groups is 1. The zero-order valence-electron chi connectivity index (χ0n) is 12.4. The van der Waals surface area contributed by atoms with Gasteiger partial charge in [0.1, 0.15) is 17.7 Å². The van der Waals surface area contributed by atoms with Crippen LogP contribution >= 0.6 is 0 Å². The van der Waals surface area contributed by atoms with E-state index in [9.17, 15) is 14.4 Å². The maximum atomic E-state index is 12.6. The van der Waals surface area contributed by atoms with Gasteiger partial charge in [-0.15, -0.1) is 0 Å². The number of carbonyl (C=O) groups is 3. The second-order valence-corrected chi connectivity index (χ2v) is 5.01. The monoisotopic (exact) mass is 293 g/mol. The van der Waals surface area contributed by atoms with Crippen LogP contribution in [0.15, 0.2) is 10.6 Å². The van der Waals surface area contributed by atoms with E-state index in [4.69, 9.17) is 4.42 Å². The van der Waals surface area contributed by atoms with Crippen LogP contribution in [-0.2, 0) is 22.6 Å². The van der Waals surface area contributed by atoms with E-state index in [0.29, 0.717) is 25.0 Å². The molecule has 1 aliphatic heterocycles. The molecular formula is C14H19N3O4. The Bertz CT molecular complexity index is 575. The van der Waals surface area contributed by atoms with Gasteiger partial charge in [-0.2, -0.15) is 0 Å². The zero-order chi connectivity index (χ0) is 15.6. The lowest BCUT2D eigenvalue weighted by Gasteiger charge is -2.37. The minimum atomic E-state index is -1.19. The fourth-order valence-electron chi connectivity index (χ4n) is 2.47. The van der Waals surface area contributed by atoms with Crippen molar-refractivity contribution in [2.24, 2.45) is 5.41 Å². The van der Waals surface area contributed by atoms with Gasteiger partial charge < -0.3 is 4.42 Å². The molecule has 2 heterocycles. The van der Waals surface area contributed by atoms with Crippen molar-refractivity contribution < 1.29 is 18.8 Å². The molecule has 1 aromatic heterocycles. The quantitative estimate of drug-likeness (QED) is 0.833. The zero-order valence-corrected chi connectivity index (χ0v) is 12.4. The first-order valence-corrected chi connectivity index (χ1v) is 7.09. The van der Waals surface area contributed by atoms with Gasteiger partial charge >= 0.3 is 6.03 Å². The normalized spacial score (nSPS) is 18.0. The van der Waals surface area contributed by atoms with Gasteiger partial charge in [0.2, 0.25) is 17.7 Å². The number of hydrogen-bond acceptors (Lipinski definition) is 5. The second kappa shape index (κ2) is 5.67. The Morgan fingerprint density at radius 3 is 2.43 bits per heavy atom. The van der Waals surface area contributed by atoms with E-state index in [1.165, 1.54) is 0 Å². The highest BCUT2D eigenvalue weighted by atomic mass is 16.4. The number of rotatable bonds is 5. The van der Waals surface area contributed by atoms with E-state index in [1.807, 2.05) is 6.92 Å². The van der Waals surface area contributed by atoms with Gasteiger partial charge in [-0.3, -0.25) is 19.8 Å². The van der Waals surface area contributed by atoms with Crippen molar-refractivity contribution in [3.63, 3.8) is 0 Å². The number of amides is 4. The topological polar surface area (TPSA) is 92.5 Å². The first kappa shape index (κ1) is 15.2. The molecule has 7 nitrogen and oxygen atoms in total. The van der Waals surface area contributed by atoms with E-state index in [0.717, 1.165) is 4.90 Å². The van der Waals surface area contributed by atoms with Crippen LogP contribution in [-0.4, -0.2) is 27.7 Å². The molecule has 114 valence electrons. The van der Waals surface area contributed by atoms with Crippen LogP contribution in [0, 0.1) is 5.41 Å². The lowest BCUT2D eigenvalue weighted by molar-refractivity contribution is -0.152. The van der Waals surface area contributed by atoms with E-state index >= 15 is 0 Å². The van der Waals surface area contributed by atoms with Crippen LogP contribution in [0.5, 0.6) is 0 Å². The highest BCUT2D eigenvalue weighted by Crippen LogP contribution is 2.32. The third kappa shape index (κ3) is 2.43. The summed E-state index contributed by atoms with van der Waals surface area (Å²) in [6.07, 6.45) is 2.92. The molecule has 1 aliphatic rings. The molecule has 0 bridgehead atoms. The number of barbiturate groups is 1. The Morgan fingerprint density at radius 1 is 1.24 bits per heavy atom. The van der Waals surface area contributed by atoms with Gasteiger partial charge in [0.15, 0.2) is 0 Å². The fourth-order valence-corrected chi connectivity index (χ4v) is 2.47. The van der Waals surface area contributed by atoms with Crippen molar-refractivity contribution >= 4 is 17.8 Å². The van der Waals surface area contributed by atoms with Gasteiger partial charge in [-0.1, -0.05) is 20.8 Å². The third-order valence-corrected chi connectivity index (χ3v) is 4.01. The van der Waals surface area contributed by atoms with Crippen molar-refractivity contribution in [1.82, 2.24) is 15.2 Å². The molecule has 1 saturated heterocycles. The van der Waals surface area contributed by atoms with E-state index < -0.39 is 23.3 Å². The Kier molecular flexibility index (Phi) is 4.11. The van der Waals surface area contributed by atoms with Crippen molar-refractivity contribution in [2.75, 3.05) is 0 Å². The van der Waals surface area contributed by atoms with Gasteiger partial charge in [-0.25, -0.2) is 9.78 Å². The summed E-state index contributed by atoms with van der Waals surface area (Å²) in [5.74, 6) is -0.0492. The third-order valence-electron chi connectivity index (χ3n) is 4.01. The fraction of sp³-hybridized carbons (Fsp3) is 0.571. The molecular weight excluding hydrogens is 274 g/mol. The van der Waals surface area contributed by atoms with Crippen LogP contribution in [0.4, 0.5) is 4.79 Å². The number of aromatic nitrogens is 1. The predicted octanol–water partition coefficient (Wildman–Crippen LogP) is 1.62. The smallest absolute Gasteiger partial charge is 0.331 e. The maximum absolute atomic E-state index is 12.6. The predicted molar refractivity (Wildman–Crippen MR) is 73.0 cm³/mol. The number of nitrogens with one attached hydrogen (secondary N) is 1. The molecule has 0 saturated carbocycles. The summed E-state index contributed by atoms with van der Waals surface area (Å²) in [4.78, 5) is 41.6. The Labute approximate surface area is 122 Å². The molecule has 1 aromatic rings. The molecule has 0 aliphatic carbocycles. The molecule has 0 unspecified atom stereocenters. The van der Waals surface area contributed by atoms with Crippen molar-refractivity contribution in [2.45, 2.75) is 46.6 Å². The molecule has 4 amide bonds. The van der Waals surface area contributed by atoms with Gasteiger partial charge in [0.25, 0.3) is 0 Å². The van der Waals surface area contributed by atoms with E-state index in [-0.39, 0.29) is 12.4 Å². The average Bonchev–Trinajstić information content (AvgIpc) is 2.92. The molecule has 0 atom stereocenters. The summed E-state index contributed by atoms with van der Waals surface area (Å²) in [5.41, 5.74) is -1.19. The molecule has 0 radical (unpaired) electrons. The average molecular weight is 293 g/mol. The lowest BCUT2D eigenvalue weighted by atomic mass is 9.78. The molecule has 2 rings (SSSR count). The van der Waals surface area contributed by atoms with Crippen molar-refractivity contribution in [3.8, 4) is 0 Å². The SMILES string of the molecule is CCc1cnc(CN2C(=O)NC(=O)C(CC)(CC)C2=O)o1. The molecule has 7 heteroatoms. The summed E-state index contributed by atoms with van der Waals surface area (Å²) in [7, 11) is 0. The molecule has 1 N–H and O–H groups in total. The van der Waals surface area contributed by atoms with Gasteiger partial charge in [-0.05, 0) is 12.8 Å². The Hall–Kier alpha value is -2.18. The van der Waals surface area contributed by atoms with E-state index in [1.54, 1.807) is 20.0 Å². The largest absolute Gasteiger partial charge is 0.444 e. The number of nitrogens with zero attached hydrogens (tertiary/aromatic N) is 2. The van der Waals surface area contributed by atoms with Gasteiger partial charge in [0, 0.05) is 6.42 Å². The highest BCUT2D eigenvalue weighted by Gasteiger charge is 2.51. The summed E-state index contributed by atoms with van der Waals surface area (Å²) in [6, 6.07) is -0.723. The lowest BCUT2D eigenvalue weighted by Crippen LogP contribution is -2.63. The summed E-state index contributed by atoms with van der Waals surface area (Å²) in [6.45, 7) is 5.37. The summed E-state index contributed by atoms with van der Waals surface area (Å²) < 4.78 is 5.42. The summed E-state index contributed by atoms with van der Waals surface area (Å²) in [5, 5.41) is 2.25. The maximum Gasteiger partial charge on any atom is 0.331 e. The Balaban J connectivity index is 2.27. The van der Waals surface area contributed by atoms with Crippen LogP contribution in [0.2, 0.25) is 0 Å². The molecule has 0 spiro atoms.